The van der Waals surface area contributed by atoms with Gasteiger partial charge in [0.25, 0.3) is 0 Å². The van der Waals surface area contributed by atoms with Gasteiger partial charge in [0.15, 0.2) is 0 Å². The summed E-state index contributed by atoms with van der Waals surface area (Å²) in [7, 11) is 1.72. The molecule has 0 aliphatic heterocycles. The number of methoxy groups -OCH3 is 1. The molecule has 0 spiro atoms. The van der Waals surface area contributed by atoms with Crippen molar-refractivity contribution < 1.29 is 4.74 Å². The van der Waals surface area contributed by atoms with Gasteiger partial charge in [0, 0.05) is 30.4 Å². The minimum atomic E-state index is 0.522. The van der Waals surface area contributed by atoms with Gasteiger partial charge in [-0.15, -0.1) is 0 Å². The first-order chi connectivity index (χ1) is 12.7. The zero-order valence-corrected chi connectivity index (χ0v) is 15.7. The Hall–Kier alpha value is -2.39. The molecule has 0 aliphatic rings. The van der Waals surface area contributed by atoms with Gasteiger partial charge in [0.05, 0.1) is 7.11 Å². The topological polar surface area (TPSA) is 34.1 Å². The molecule has 1 N–H and O–H groups in total. The van der Waals surface area contributed by atoms with E-state index in [1.165, 1.54) is 41.2 Å². The highest BCUT2D eigenvalue weighted by molar-refractivity contribution is 5.81. The molecule has 0 fully saturated rings. The van der Waals surface area contributed by atoms with E-state index in [1.54, 1.807) is 7.11 Å². The first-order valence-corrected chi connectivity index (χ1v) is 9.43. The van der Waals surface area contributed by atoms with Crippen LogP contribution >= 0.6 is 0 Å². The Kier molecular flexibility index (Phi) is 6.62. The minimum absolute atomic E-state index is 0.522. The molecule has 26 heavy (non-hydrogen) atoms. The SMILES string of the molecule is COc1cccc(CCCC[C@@H](C)NCc2ccc3cnccc3c2)c1. The zero-order valence-electron chi connectivity index (χ0n) is 15.7. The summed E-state index contributed by atoms with van der Waals surface area (Å²) in [4.78, 5) is 4.17. The van der Waals surface area contributed by atoms with E-state index in [2.05, 4.69) is 59.7 Å². The summed E-state index contributed by atoms with van der Waals surface area (Å²) < 4.78 is 5.29. The minimum Gasteiger partial charge on any atom is -0.497 e. The van der Waals surface area contributed by atoms with E-state index in [0.717, 1.165) is 18.7 Å². The maximum absolute atomic E-state index is 5.29. The number of unbranched alkanes of at least 4 members (excludes halogenated alkanes) is 1. The number of aryl methyl sites for hydroxylation is 1. The molecule has 0 bridgehead atoms. The zero-order chi connectivity index (χ0) is 18.2. The van der Waals surface area contributed by atoms with Crippen molar-refractivity contribution in [3.63, 3.8) is 0 Å². The average molecular weight is 348 g/mol. The number of hydrogen-bond acceptors (Lipinski definition) is 3. The highest BCUT2D eigenvalue weighted by atomic mass is 16.5. The molecule has 0 radical (unpaired) electrons. The van der Waals surface area contributed by atoms with Crippen molar-refractivity contribution in [1.29, 1.82) is 0 Å². The summed E-state index contributed by atoms with van der Waals surface area (Å²) in [5.74, 6) is 0.948. The number of nitrogens with zero attached hydrogens (tertiary/aromatic N) is 1. The van der Waals surface area contributed by atoms with Gasteiger partial charge in [-0.25, -0.2) is 0 Å². The Labute approximate surface area is 156 Å². The van der Waals surface area contributed by atoms with Crippen LogP contribution in [0.25, 0.3) is 10.8 Å². The van der Waals surface area contributed by atoms with Crippen molar-refractivity contribution in [3.8, 4) is 5.75 Å². The van der Waals surface area contributed by atoms with Gasteiger partial charge in [0.2, 0.25) is 0 Å². The van der Waals surface area contributed by atoms with Crippen LogP contribution in [0.1, 0.15) is 37.3 Å². The predicted octanol–water partition coefficient (Wildman–Crippen LogP) is 5.13. The van der Waals surface area contributed by atoms with Crippen molar-refractivity contribution in [2.24, 2.45) is 0 Å². The number of fused-ring (bicyclic) bond motifs is 1. The molecule has 1 heterocycles. The lowest BCUT2D eigenvalue weighted by Gasteiger charge is -2.14. The molecule has 0 unspecified atom stereocenters. The maximum Gasteiger partial charge on any atom is 0.119 e. The molecule has 0 saturated heterocycles. The highest BCUT2D eigenvalue weighted by Gasteiger charge is 2.03. The van der Waals surface area contributed by atoms with Gasteiger partial charge >= 0.3 is 0 Å². The van der Waals surface area contributed by atoms with Crippen molar-refractivity contribution in [1.82, 2.24) is 10.3 Å². The lowest BCUT2D eigenvalue weighted by Crippen LogP contribution is -2.25. The smallest absolute Gasteiger partial charge is 0.119 e. The normalized spacial score (nSPS) is 12.2. The fraction of sp³-hybridized carbons (Fsp3) is 0.348. The van der Waals surface area contributed by atoms with E-state index in [9.17, 15) is 0 Å². The molecule has 3 nitrogen and oxygen atoms in total. The molecular weight excluding hydrogens is 320 g/mol. The standard InChI is InChI=1S/C23H28N2O/c1-18(6-3-4-7-19-8-5-9-23(15-19)26-2)25-16-20-10-11-22-17-24-13-12-21(22)14-20/h5,8-15,17-18,25H,3-4,6-7,16H2,1-2H3/t18-/m1/s1. The summed E-state index contributed by atoms with van der Waals surface area (Å²) in [5.41, 5.74) is 2.68. The van der Waals surface area contributed by atoms with Crippen LogP contribution in [0.2, 0.25) is 0 Å². The van der Waals surface area contributed by atoms with Gasteiger partial charge in [-0.05, 0) is 67.0 Å². The van der Waals surface area contributed by atoms with Gasteiger partial charge in [-0.3, -0.25) is 4.98 Å². The molecule has 1 atom stereocenters. The second-order valence-electron chi connectivity index (χ2n) is 6.94. The third kappa shape index (κ3) is 5.30. The van der Waals surface area contributed by atoms with Crippen molar-refractivity contribution in [3.05, 3.63) is 72.1 Å². The number of nitrogens with one attached hydrogen (secondary N) is 1. The van der Waals surface area contributed by atoms with E-state index >= 15 is 0 Å². The molecule has 3 aromatic rings. The van der Waals surface area contributed by atoms with E-state index in [1.807, 2.05) is 18.5 Å². The quantitative estimate of drug-likeness (QED) is 0.544. The van der Waals surface area contributed by atoms with E-state index in [0.29, 0.717) is 6.04 Å². The Balaban J connectivity index is 1.38. The number of rotatable bonds is 9. The fourth-order valence-electron chi connectivity index (χ4n) is 3.24. The number of pyridine rings is 1. The van der Waals surface area contributed by atoms with Crippen LogP contribution in [0.3, 0.4) is 0 Å². The van der Waals surface area contributed by atoms with Gasteiger partial charge in [-0.1, -0.05) is 30.7 Å². The lowest BCUT2D eigenvalue weighted by molar-refractivity contribution is 0.414. The fourth-order valence-corrected chi connectivity index (χ4v) is 3.24. The number of hydrogen-bond donors (Lipinski definition) is 1. The van der Waals surface area contributed by atoms with E-state index in [-0.39, 0.29) is 0 Å². The Morgan fingerprint density at radius 3 is 2.81 bits per heavy atom. The second-order valence-corrected chi connectivity index (χ2v) is 6.94. The molecule has 1 aromatic heterocycles. The molecule has 0 saturated carbocycles. The van der Waals surface area contributed by atoms with Gasteiger partial charge in [0.1, 0.15) is 5.75 Å². The largest absolute Gasteiger partial charge is 0.497 e. The van der Waals surface area contributed by atoms with Crippen LogP contribution in [-0.4, -0.2) is 18.1 Å². The summed E-state index contributed by atoms with van der Waals surface area (Å²) >= 11 is 0. The Morgan fingerprint density at radius 1 is 1.00 bits per heavy atom. The van der Waals surface area contributed by atoms with Crippen molar-refractivity contribution >= 4 is 10.8 Å². The molecule has 2 aromatic carbocycles. The van der Waals surface area contributed by atoms with Gasteiger partial charge < -0.3 is 10.1 Å². The predicted molar refractivity (Wildman–Crippen MR) is 109 cm³/mol. The summed E-state index contributed by atoms with van der Waals surface area (Å²) in [6.07, 6.45) is 8.52. The molecule has 136 valence electrons. The van der Waals surface area contributed by atoms with Crippen LogP contribution in [0.5, 0.6) is 5.75 Å². The number of ether oxygens (including phenoxy) is 1. The first kappa shape index (κ1) is 18.4. The summed E-state index contributed by atoms with van der Waals surface area (Å²) in [6, 6.07) is 17.6. The van der Waals surface area contributed by atoms with Crippen LogP contribution in [0.15, 0.2) is 60.9 Å². The molecule has 0 amide bonds. The van der Waals surface area contributed by atoms with Gasteiger partial charge in [-0.2, -0.15) is 0 Å². The third-order valence-electron chi connectivity index (χ3n) is 4.85. The van der Waals surface area contributed by atoms with Crippen LogP contribution in [0, 0.1) is 0 Å². The third-order valence-corrected chi connectivity index (χ3v) is 4.85. The van der Waals surface area contributed by atoms with Crippen molar-refractivity contribution in [2.45, 2.75) is 45.2 Å². The number of benzene rings is 2. The molecule has 3 rings (SSSR count). The average Bonchev–Trinajstić information content (AvgIpc) is 2.69. The van der Waals surface area contributed by atoms with Crippen LogP contribution < -0.4 is 10.1 Å². The Bertz CT molecular complexity index is 831. The summed E-state index contributed by atoms with van der Waals surface area (Å²) in [5, 5.41) is 6.10. The van der Waals surface area contributed by atoms with Crippen molar-refractivity contribution in [2.75, 3.05) is 7.11 Å². The maximum atomic E-state index is 5.29. The Morgan fingerprint density at radius 2 is 1.92 bits per heavy atom. The summed E-state index contributed by atoms with van der Waals surface area (Å²) in [6.45, 7) is 3.19. The molecular formula is C23H28N2O. The highest BCUT2D eigenvalue weighted by Crippen LogP contribution is 2.16. The van der Waals surface area contributed by atoms with Crippen LogP contribution in [-0.2, 0) is 13.0 Å². The van der Waals surface area contributed by atoms with E-state index < -0.39 is 0 Å². The number of aromatic nitrogens is 1. The lowest BCUT2D eigenvalue weighted by atomic mass is 10.0. The molecule has 0 aliphatic carbocycles. The molecule has 3 heteroatoms. The first-order valence-electron chi connectivity index (χ1n) is 9.43. The van der Waals surface area contributed by atoms with Crippen LogP contribution in [0.4, 0.5) is 0 Å². The second kappa shape index (κ2) is 9.35. The monoisotopic (exact) mass is 348 g/mol. The van der Waals surface area contributed by atoms with E-state index in [4.69, 9.17) is 4.74 Å².